The minimum Gasteiger partial charge on any atom is -0.337 e. The molecular formula is C15H22N6OS. The van der Waals surface area contributed by atoms with E-state index in [1.54, 1.807) is 11.3 Å². The molecule has 2 N–H and O–H groups in total. The van der Waals surface area contributed by atoms with Crippen LogP contribution in [-0.2, 0) is 13.0 Å². The summed E-state index contributed by atoms with van der Waals surface area (Å²) < 4.78 is 1.89. The molecule has 124 valence electrons. The van der Waals surface area contributed by atoms with Crippen LogP contribution in [0.1, 0.15) is 40.8 Å². The van der Waals surface area contributed by atoms with Crippen molar-refractivity contribution in [1.82, 2.24) is 30.4 Å². The molecule has 0 spiro atoms. The van der Waals surface area contributed by atoms with Gasteiger partial charge in [0, 0.05) is 30.0 Å². The van der Waals surface area contributed by atoms with Gasteiger partial charge in [-0.2, -0.15) is 5.10 Å². The van der Waals surface area contributed by atoms with E-state index in [1.807, 2.05) is 24.7 Å². The van der Waals surface area contributed by atoms with Crippen molar-refractivity contribution in [3.05, 3.63) is 27.7 Å². The Morgan fingerprint density at radius 1 is 1.52 bits per heavy atom. The highest BCUT2D eigenvalue weighted by atomic mass is 32.1. The van der Waals surface area contributed by atoms with Crippen LogP contribution in [0.3, 0.4) is 0 Å². The fraction of sp³-hybridized carbons (Fsp3) is 0.600. The lowest BCUT2D eigenvalue weighted by molar-refractivity contribution is 0.231. The summed E-state index contributed by atoms with van der Waals surface area (Å²) >= 11 is 1.68. The third kappa shape index (κ3) is 3.87. The number of urea groups is 1. The first-order valence-corrected chi connectivity index (χ1v) is 8.70. The maximum absolute atomic E-state index is 12.1. The van der Waals surface area contributed by atoms with E-state index in [1.165, 1.54) is 4.88 Å². The third-order valence-electron chi connectivity index (χ3n) is 3.93. The van der Waals surface area contributed by atoms with Crippen LogP contribution in [-0.4, -0.2) is 38.4 Å². The highest BCUT2D eigenvalue weighted by molar-refractivity contribution is 7.11. The minimum absolute atomic E-state index is 0.0982. The smallest absolute Gasteiger partial charge is 0.315 e. The van der Waals surface area contributed by atoms with Crippen molar-refractivity contribution in [3.8, 4) is 0 Å². The fourth-order valence-electron chi connectivity index (χ4n) is 2.72. The number of nitrogens with one attached hydrogen (secondary N) is 2. The lowest BCUT2D eigenvalue weighted by Gasteiger charge is -2.24. The molecule has 2 atom stereocenters. The van der Waals surface area contributed by atoms with Crippen LogP contribution in [0.25, 0.3) is 0 Å². The zero-order chi connectivity index (χ0) is 16.4. The number of nitrogens with zero attached hydrogens (tertiary/aromatic N) is 4. The van der Waals surface area contributed by atoms with Gasteiger partial charge in [0.2, 0.25) is 0 Å². The Hall–Kier alpha value is -1.96. The Morgan fingerprint density at radius 2 is 2.35 bits per heavy atom. The van der Waals surface area contributed by atoms with Gasteiger partial charge >= 0.3 is 6.03 Å². The lowest BCUT2D eigenvalue weighted by atomic mass is 10.1. The van der Waals surface area contributed by atoms with E-state index < -0.39 is 0 Å². The molecule has 0 saturated heterocycles. The van der Waals surface area contributed by atoms with E-state index in [2.05, 4.69) is 32.6 Å². The Kier molecular flexibility index (Phi) is 4.61. The van der Waals surface area contributed by atoms with Crippen LogP contribution >= 0.6 is 11.3 Å². The highest BCUT2D eigenvalue weighted by Crippen LogP contribution is 2.20. The second-order valence-corrected chi connectivity index (χ2v) is 7.32. The van der Waals surface area contributed by atoms with Gasteiger partial charge in [-0.1, -0.05) is 6.92 Å². The summed E-state index contributed by atoms with van der Waals surface area (Å²) in [5, 5.41) is 11.4. The van der Waals surface area contributed by atoms with Gasteiger partial charge < -0.3 is 10.6 Å². The summed E-state index contributed by atoms with van der Waals surface area (Å²) in [4.78, 5) is 22.0. The number of hydrogen-bond donors (Lipinski definition) is 2. The Bertz CT molecular complexity index is 694. The first-order chi connectivity index (χ1) is 11.0. The topological polar surface area (TPSA) is 84.7 Å². The van der Waals surface area contributed by atoms with Gasteiger partial charge in [-0.15, -0.1) is 11.3 Å². The van der Waals surface area contributed by atoms with Crippen molar-refractivity contribution in [3.63, 3.8) is 0 Å². The highest BCUT2D eigenvalue weighted by Gasteiger charge is 2.22. The molecule has 0 radical (unpaired) electrons. The van der Waals surface area contributed by atoms with Crippen LogP contribution < -0.4 is 10.6 Å². The second-order valence-electron chi connectivity index (χ2n) is 6.06. The third-order valence-corrected chi connectivity index (χ3v) is 5.07. The summed E-state index contributed by atoms with van der Waals surface area (Å²) in [6.45, 7) is 7.27. The van der Waals surface area contributed by atoms with Crippen molar-refractivity contribution in [1.29, 1.82) is 0 Å². The van der Waals surface area contributed by atoms with Gasteiger partial charge in [-0.3, -0.25) is 0 Å². The molecule has 0 aliphatic carbocycles. The van der Waals surface area contributed by atoms with Gasteiger partial charge in [0.15, 0.2) is 0 Å². The van der Waals surface area contributed by atoms with E-state index in [0.29, 0.717) is 13.1 Å². The van der Waals surface area contributed by atoms with E-state index in [-0.39, 0.29) is 18.0 Å². The molecule has 2 aromatic rings. The minimum atomic E-state index is -0.129. The summed E-state index contributed by atoms with van der Waals surface area (Å²) in [5.41, 5.74) is 0. The van der Waals surface area contributed by atoms with Crippen LogP contribution in [0.5, 0.6) is 0 Å². The first kappa shape index (κ1) is 15.9. The van der Waals surface area contributed by atoms with E-state index in [4.69, 9.17) is 0 Å². The number of thiazole rings is 1. The Balaban J connectivity index is 1.46. The number of fused-ring (bicyclic) bond motifs is 1. The predicted octanol–water partition coefficient (Wildman–Crippen LogP) is 1.77. The molecule has 23 heavy (non-hydrogen) atoms. The number of carbonyl (C=O) groups is 1. The molecule has 1 aliphatic rings. The van der Waals surface area contributed by atoms with Gasteiger partial charge in [-0.25, -0.2) is 19.4 Å². The van der Waals surface area contributed by atoms with Crippen molar-refractivity contribution in [2.24, 2.45) is 0 Å². The largest absolute Gasteiger partial charge is 0.337 e. The molecule has 2 aromatic heterocycles. The average molecular weight is 334 g/mol. The summed E-state index contributed by atoms with van der Waals surface area (Å²) in [6, 6.07) is -0.0311. The summed E-state index contributed by atoms with van der Waals surface area (Å²) in [7, 11) is 0. The van der Waals surface area contributed by atoms with E-state index in [0.717, 1.165) is 29.5 Å². The number of amides is 2. The SMILES string of the molecule is Cc1nc2n(n1)C[C@@H](NC(=O)NC[C@H](C)c1ncc(C)s1)CC2. The maximum atomic E-state index is 12.1. The Labute approximate surface area is 139 Å². The normalized spacial score (nSPS) is 18.3. The molecule has 3 heterocycles. The standard InChI is InChI=1S/C15H22N6OS/c1-9(14-16-7-10(2)23-14)6-17-15(22)19-12-4-5-13-18-11(3)20-21(13)8-12/h7,9,12H,4-6,8H2,1-3H3,(H2,17,19,22)/t9-,12-/m0/s1. The van der Waals surface area contributed by atoms with Gasteiger partial charge in [0.05, 0.1) is 17.6 Å². The number of hydrogen-bond acceptors (Lipinski definition) is 5. The average Bonchev–Trinajstić information content (AvgIpc) is 3.09. The number of carbonyl (C=O) groups excluding carboxylic acids is 1. The van der Waals surface area contributed by atoms with Crippen LogP contribution in [0.2, 0.25) is 0 Å². The van der Waals surface area contributed by atoms with Crippen molar-refractivity contribution >= 4 is 17.4 Å². The molecule has 3 rings (SSSR count). The van der Waals surface area contributed by atoms with Gasteiger partial charge in [-0.05, 0) is 20.3 Å². The molecule has 8 heteroatoms. The number of aryl methyl sites for hydroxylation is 3. The number of rotatable bonds is 4. The quantitative estimate of drug-likeness (QED) is 0.892. The second kappa shape index (κ2) is 6.66. The van der Waals surface area contributed by atoms with Gasteiger partial charge in [0.1, 0.15) is 11.6 Å². The number of aromatic nitrogens is 4. The van der Waals surface area contributed by atoms with Gasteiger partial charge in [0.25, 0.3) is 0 Å². The van der Waals surface area contributed by atoms with Crippen LogP contribution in [0, 0.1) is 13.8 Å². The zero-order valence-electron chi connectivity index (χ0n) is 13.7. The van der Waals surface area contributed by atoms with E-state index >= 15 is 0 Å². The molecule has 0 unspecified atom stereocenters. The zero-order valence-corrected chi connectivity index (χ0v) is 14.5. The fourth-order valence-corrected chi connectivity index (χ4v) is 3.55. The molecule has 7 nitrogen and oxygen atoms in total. The first-order valence-electron chi connectivity index (χ1n) is 7.88. The molecule has 1 aliphatic heterocycles. The summed E-state index contributed by atoms with van der Waals surface area (Å²) in [6.07, 6.45) is 3.61. The van der Waals surface area contributed by atoms with Crippen molar-refractivity contribution in [2.45, 2.75) is 52.1 Å². The predicted molar refractivity (Wildman–Crippen MR) is 88.7 cm³/mol. The lowest BCUT2D eigenvalue weighted by Crippen LogP contribution is -2.46. The van der Waals surface area contributed by atoms with Crippen LogP contribution in [0.15, 0.2) is 6.20 Å². The Morgan fingerprint density at radius 3 is 3.09 bits per heavy atom. The molecule has 2 amide bonds. The van der Waals surface area contributed by atoms with Crippen molar-refractivity contribution < 1.29 is 4.79 Å². The van der Waals surface area contributed by atoms with E-state index in [9.17, 15) is 4.79 Å². The van der Waals surface area contributed by atoms with Crippen molar-refractivity contribution in [2.75, 3.05) is 6.54 Å². The molecule has 0 bridgehead atoms. The molecular weight excluding hydrogens is 312 g/mol. The molecule has 0 saturated carbocycles. The van der Waals surface area contributed by atoms with Crippen LogP contribution in [0.4, 0.5) is 4.79 Å². The molecule has 0 fully saturated rings. The molecule has 0 aromatic carbocycles. The summed E-state index contributed by atoms with van der Waals surface area (Å²) in [5.74, 6) is 2.02. The maximum Gasteiger partial charge on any atom is 0.315 e. The monoisotopic (exact) mass is 334 g/mol.